The van der Waals surface area contributed by atoms with Crippen molar-refractivity contribution in [2.45, 2.75) is 37.2 Å². The predicted molar refractivity (Wildman–Crippen MR) is 62.8 cm³/mol. The average Bonchev–Trinajstić information content (AvgIpc) is 2.15. The van der Waals surface area contributed by atoms with Gasteiger partial charge in [0.25, 0.3) is 0 Å². The van der Waals surface area contributed by atoms with Crippen LogP contribution in [0.25, 0.3) is 0 Å². The van der Waals surface area contributed by atoms with Gasteiger partial charge in [0.1, 0.15) is 0 Å². The summed E-state index contributed by atoms with van der Waals surface area (Å²) in [4.78, 5) is 1.38. The van der Waals surface area contributed by atoms with Gasteiger partial charge in [0, 0.05) is 17.0 Å². The fourth-order valence-electron chi connectivity index (χ4n) is 1.87. The van der Waals surface area contributed by atoms with E-state index < -0.39 is 0 Å². The summed E-state index contributed by atoms with van der Waals surface area (Å²) in [6.07, 6.45) is 1.28. The molecule has 0 spiro atoms. The highest BCUT2D eigenvalue weighted by atomic mass is 32.2. The summed E-state index contributed by atoms with van der Waals surface area (Å²) >= 11 is 1.90. The van der Waals surface area contributed by atoms with Crippen molar-refractivity contribution >= 4 is 11.8 Å². The largest absolute Gasteiger partial charge is 0.307 e. The Balaban J connectivity index is 1.99. The van der Waals surface area contributed by atoms with E-state index in [4.69, 9.17) is 0 Å². The van der Waals surface area contributed by atoms with Crippen molar-refractivity contribution in [1.29, 1.82) is 0 Å². The Morgan fingerprint density at radius 2 is 2.00 bits per heavy atom. The van der Waals surface area contributed by atoms with E-state index >= 15 is 0 Å². The Hall–Kier alpha value is -0.470. The van der Waals surface area contributed by atoms with Crippen LogP contribution in [0.1, 0.15) is 31.9 Å². The van der Waals surface area contributed by atoms with Crippen molar-refractivity contribution in [3.63, 3.8) is 0 Å². The molecule has 0 radical (unpaired) electrons. The molecule has 1 saturated heterocycles. The summed E-state index contributed by atoms with van der Waals surface area (Å²) in [7, 11) is 0. The van der Waals surface area contributed by atoms with Crippen molar-refractivity contribution < 1.29 is 0 Å². The van der Waals surface area contributed by atoms with Gasteiger partial charge in [-0.05, 0) is 36.8 Å². The zero-order valence-corrected chi connectivity index (χ0v) is 9.60. The second kappa shape index (κ2) is 4.37. The molecule has 0 aliphatic carbocycles. The van der Waals surface area contributed by atoms with Crippen LogP contribution < -0.4 is 5.32 Å². The summed E-state index contributed by atoms with van der Waals surface area (Å²) in [5, 5.41) is 3.50. The van der Waals surface area contributed by atoms with Crippen molar-refractivity contribution in [3.8, 4) is 0 Å². The lowest BCUT2D eigenvalue weighted by Crippen LogP contribution is -2.43. The maximum absolute atomic E-state index is 3.50. The lowest BCUT2D eigenvalue weighted by molar-refractivity contribution is 0.288. The van der Waals surface area contributed by atoms with Crippen LogP contribution in [-0.4, -0.2) is 11.8 Å². The first-order valence-electron chi connectivity index (χ1n) is 5.28. The summed E-state index contributed by atoms with van der Waals surface area (Å²) in [6.45, 7) is 4.42. The van der Waals surface area contributed by atoms with E-state index in [1.807, 2.05) is 11.8 Å². The van der Waals surface area contributed by atoms with Crippen molar-refractivity contribution in [3.05, 3.63) is 29.8 Å². The van der Waals surface area contributed by atoms with Gasteiger partial charge in [0.05, 0.1) is 0 Å². The molecule has 2 atom stereocenters. The Morgan fingerprint density at radius 1 is 1.36 bits per heavy atom. The molecule has 1 fully saturated rings. The second-order valence-electron chi connectivity index (χ2n) is 3.86. The molecule has 1 N–H and O–H groups in total. The molecule has 0 aromatic heterocycles. The van der Waals surface area contributed by atoms with Crippen molar-refractivity contribution in [2.75, 3.05) is 5.75 Å². The molecule has 14 heavy (non-hydrogen) atoms. The highest BCUT2D eigenvalue weighted by Gasteiger charge is 2.25. The third kappa shape index (κ3) is 2.12. The fraction of sp³-hybridized carbons (Fsp3) is 0.500. The van der Waals surface area contributed by atoms with Crippen LogP contribution in [-0.2, 0) is 0 Å². The molecule has 1 nitrogen and oxygen atoms in total. The van der Waals surface area contributed by atoms with Crippen LogP contribution in [0.3, 0.4) is 0 Å². The Kier molecular flexibility index (Phi) is 3.14. The van der Waals surface area contributed by atoms with Gasteiger partial charge >= 0.3 is 0 Å². The molecule has 1 aliphatic heterocycles. The Bertz CT molecular complexity index is 288. The minimum absolute atomic E-state index is 0.602. The van der Waals surface area contributed by atoms with Gasteiger partial charge in [-0.2, -0.15) is 0 Å². The zero-order valence-electron chi connectivity index (χ0n) is 8.79. The molecular formula is C12H17NS. The Morgan fingerprint density at radius 3 is 2.50 bits per heavy atom. The highest BCUT2D eigenvalue weighted by molar-refractivity contribution is 7.99. The van der Waals surface area contributed by atoms with Gasteiger partial charge in [-0.1, -0.05) is 19.1 Å². The summed E-state index contributed by atoms with van der Waals surface area (Å²) in [6, 6.07) is 10.3. The summed E-state index contributed by atoms with van der Waals surface area (Å²) in [5.41, 5.74) is 1.43. The minimum atomic E-state index is 0.602. The lowest BCUT2D eigenvalue weighted by atomic mass is 9.92. The third-order valence-corrected chi connectivity index (χ3v) is 3.56. The van der Waals surface area contributed by atoms with E-state index in [0.717, 1.165) is 5.75 Å². The van der Waals surface area contributed by atoms with Crippen LogP contribution >= 0.6 is 11.8 Å². The van der Waals surface area contributed by atoms with Gasteiger partial charge in [-0.3, -0.25) is 0 Å². The van der Waals surface area contributed by atoms with E-state index in [9.17, 15) is 0 Å². The molecule has 1 heterocycles. The SMILES string of the molecule is CCSc1ccc(C2CC(C)N2)cc1. The molecule has 0 amide bonds. The maximum Gasteiger partial charge on any atom is 0.0337 e. The molecule has 1 aromatic rings. The van der Waals surface area contributed by atoms with Crippen LogP contribution in [0.2, 0.25) is 0 Å². The molecule has 2 rings (SSSR count). The van der Waals surface area contributed by atoms with E-state index in [0.29, 0.717) is 12.1 Å². The van der Waals surface area contributed by atoms with Crippen LogP contribution in [0, 0.1) is 0 Å². The number of benzene rings is 1. The lowest BCUT2D eigenvalue weighted by Gasteiger charge is -2.35. The van der Waals surface area contributed by atoms with Crippen molar-refractivity contribution in [1.82, 2.24) is 5.32 Å². The smallest absolute Gasteiger partial charge is 0.0337 e. The number of hydrogen-bond donors (Lipinski definition) is 1. The van der Waals surface area contributed by atoms with Crippen LogP contribution in [0.15, 0.2) is 29.2 Å². The van der Waals surface area contributed by atoms with Gasteiger partial charge in [0.2, 0.25) is 0 Å². The van der Waals surface area contributed by atoms with Gasteiger partial charge in [-0.15, -0.1) is 11.8 Å². The highest BCUT2D eigenvalue weighted by Crippen LogP contribution is 2.28. The standard InChI is InChI=1S/C12H17NS/c1-3-14-11-6-4-10(5-7-11)12-8-9(2)13-12/h4-7,9,12-13H,3,8H2,1-2H3. The van der Waals surface area contributed by atoms with Gasteiger partial charge in [0.15, 0.2) is 0 Å². The predicted octanol–water partition coefficient (Wildman–Crippen LogP) is 3.22. The fourth-order valence-corrected chi connectivity index (χ4v) is 2.53. The molecule has 0 saturated carbocycles. The number of rotatable bonds is 3. The quantitative estimate of drug-likeness (QED) is 0.764. The van der Waals surface area contributed by atoms with E-state index in [-0.39, 0.29) is 0 Å². The first-order valence-corrected chi connectivity index (χ1v) is 6.27. The van der Waals surface area contributed by atoms with E-state index in [1.165, 1.54) is 16.9 Å². The normalized spacial score (nSPS) is 25.9. The first kappa shape index (κ1) is 10.1. The van der Waals surface area contributed by atoms with E-state index in [1.54, 1.807) is 0 Å². The van der Waals surface area contributed by atoms with Crippen LogP contribution in [0.5, 0.6) is 0 Å². The number of hydrogen-bond acceptors (Lipinski definition) is 2. The molecule has 2 heteroatoms. The topological polar surface area (TPSA) is 12.0 Å². The summed E-state index contributed by atoms with van der Waals surface area (Å²) < 4.78 is 0. The maximum atomic E-state index is 3.50. The van der Waals surface area contributed by atoms with Gasteiger partial charge in [-0.25, -0.2) is 0 Å². The Labute approximate surface area is 90.3 Å². The molecule has 76 valence electrons. The van der Waals surface area contributed by atoms with E-state index in [2.05, 4.69) is 43.4 Å². The molecule has 0 bridgehead atoms. The second-order valence-corrected chi connectivity index (χ2v) is 5.20. The van der Waals surface area contributed by atoms with Gasteiger partial charge < -0.3 is 5.32 Å². The monoisotopic (exact) mass is 207 g/mol. The van der Waals surface area contributed by atoms with Crippen molar-refractivity contribution in [2.24, 2.45) is 0 Å². The molecule has 1 aromatic carbocycles. The first-order chi connectivity index (χ1) is 6.79. The molecule has 1 aliphatic rings. The zero-order chi connectivity index (χ0) is 9.97. The molecular weight excluding hydrogens is 190 g/mol. The minimum Gasteiger partial charge on any atom is -0.307 e. The summed E-state index contributed by atoms with van der Waals surface area (Å²) in [5.74, 6) is 1.15. The number of nitrogens with one attached hydrogen (secondary N) is 1. The van der Waals surface area contributed by atoms with Crippen LogP contribution in [0.4, 0.5) is 0 Å². The molecule has 2 unspecified atom stereocenters. The third-order valence-electron chi connectivity index (χ3n) is 2.67. The number of thioether (sulfide) groups is 1. The average molecular weight is 207 g/mol.